The van der Waals surface area contributed by atoms with Crippen molar-refractivity contribution in [2.24, 2.45) is 0 Å². The third-order valence-corrected chi connectivity index (χ3v) is 3.05. The standard InChI is InChI=1S/C16H10FN3O/c17-13-8-11(4-3-10(13)9-18)21-15-6-5-14(19)16-12(15)2-1-7-20-16/h1-8H,19H2. The Morgan fingerprint density at radius 2 is 2.05 bits per heavy atom. The van der Waals surface area contributed by atoms with E-state index < -0.39 is 5.82 Å². The Bertz CT molecular complexity index is 871. The number of fused-ring (bicyclic) bond motifs is 1. The molecule has 3 aromatic rings. The molecule has 0 aliphatic carbocycles. The number of pyridine rings is 1. The molecule has 102 valence electrons. The first-order valence-corrected chi connectivity index (χ1v) is 6.20. The van der Waals surface area contributed by atoms with Crippen LogP contribution in [0.5, 0.6) is 11.5 Å². The minimum atomic E-state index is -0.618. The lowest BCUT2D eigenvalue weighted by molar-refractivity contribution is 0.482. The van der Waals surface area contributed by atoms with Gasteiger partial charge in [-0.15, -0.1) is 0 Å². The minimum absolute atomic E-state index is 0.0221. The number of rotatable bonds is 2. The Labute approximate surface area is 120 Å². The average molecular weight is 279 g/mol. The second-order valence-electron chi connectivity index (χ2n) is 4.41. The van der Waals surface area contributed by atoms with Crippen LogP contribution in [-0.4, -0.2) is 4.98 Å². The minimum Gasteiger partial charge on any atom is -0.457 e. The van der Waals surface area contributed by atoms with Crippen molar-refractivity contribution in [2.45, 2.75) is 0 Å². The third-order valence-electron chi connectivity index (χ3n) is 3.05. The van der Waals surface area contributed by atoms with Gasteiger partial charge in [-0.2, -0.15) is 5.26 Å². The molecule has 5 heteroatoms. The van der Waals surface area contributed by atoms with Crippen LogP contribution in [0, 0.1) is 17.1 Å². The Morgan fingerprint density at radius 3 is 2.81 bits per heavy atom. The molecule has 0 fully saturated rings. The van der Waals surface area contributed by atoms with Gasteiger partial charge < -0.3 is 10.5 Å². The number of ether oxygens (including phenoxy) is 1. The van der Waals surface area contributed by atoms with Crippen molar-refractivity contribution < 1.29 is 9.13 Å². The Hall–Kier alpha value is -3.13. The van der Waals surface area contributed by atoms with Crippen LogP contribution < -0.4 is 10.5 Å². The van der Waals surface area contributed by atoms with E-state index in [1.165, 1.54) is 12.1 Å². The van der Waals surface area contributed by atoms with Gasteiger partial charge >= 0.3 is 0 Å². The summed E-state index contributed by atoms with van der Waals surface area (Å²) >= 11 is 0. The highest BCUT2D eigenvalue weighted by Gasteiger charge is 2.09. The Balaban J connectivity index is 2.05. The molecule has 1 heterocycles. The molecule has 0 spiro atoms. The van der Waals surface area contributed by atoms with Crippen LogP contribution in [0.1, 0.15) is 5.56 Å². The summed E-state index contributed by atoms with van der Waals surface area (Å²) in [6, 6.07) is 12.9. The molecule has 1 aromatic heterocycles. The van der Waals surface area contributed by atoms with Crippen molar-refractivity contribution in [3.63, 3.8) is 0 Å². The van der Waals surface area contributed by atoms with E-state index in [0.29, 0.717) is 22.7 Å². The van der Waals surface area contributed by atoms with Crippen molar-refractivity contribution in [3.05, 3.63) is 60.0 Å². The number of nitrogen functional groups attached to an aromatic ring is 1. The molecule has 3 rings (SSSR count). The number of hydrogen-bond donors (Lipinski definition) is 1. The monoisotopic (exact) mass is 279 g/mol. The summed E-state index contributed by atoms with van der Waals surface area (Å²) in [6.45, 7) is 0. The SMILES string of the molecule is N#Cc1ccc(Oc2ccc(N)c3ncccc23)cc1F. The predicted octanol–water partition coefficient (Wildman–Crippen LogP) is 3.62. The molecule has 4 nitrogen and oxygen atoms in total. The molecule has 0 amide bonds. The number of nitriles is 1. The van der Waals surface area contributed by atoms with Gasteiger partial charge in [0, 0.05) is 17.6 Å². The number of nitrogens with two attached hydrogens (primary N) is 1. The molecular formula is C16H10FN3O. The van der Waals surface area contributed by atoms with Gasteiger partial charge in [-0.05, 0) is 36.4 Å². The summed E-state index contributed by atoms with van der Waals surface area (Å²) in [5.41, 5.74) is 7.02. The van der Waals surface area contributed by atoms with Crippen molar-refractivity contribution in [2.75, 3.05) is 5.73 Å². The maximum Gasteiger partial charge on any atom is 0.144 e. The molecule has 0 aliphatic heterocycles. The highest BCUT2D eigenvalue weighted by molar-refractivity contribution is 5.93. The van der Waals surface area contributed by atoms with Crippen molar-refractivity contribution in [1.29, 1.82) is 5.26 Å². The lowest BCUT2D eigenvalue weighted by Crippen LogP contribution is -1.93. The number of halogens is 1. The lowest BCUT2D eigenvalue weighted by atomic mass is 10.1. The quantitative estimate of drug-likeness (QED) is 0.727. The lowest BCUT2D eigenvalue weighted by Gasteiger charge is -2.10. The first-order chi connectivity index (χ1) is 10.2. The van der Waals surface area contributed by atoms with Crippen LogP contribution >= 0.6 is 0 Å². The molecule has 0 saturated carbocycles. The van der Waals surface area contributed by atoms with Crippen molar-refractivity contribution >= 4 is 16.6 Å². The van der Waals surface area contributed by atoms with Crippen LogP contribution in [0.4, 0.5) is 10.1 Å². The Morgan fingerprint density at radius 1 is 1.19 bits per heavy atom. The van der Waals surface area contributed by atoms with Crippen LogP contribution in [0.15, 0.2) is 48.7 Å². The van der Waals surface area contributed by atoms with E-state index in [2.05, 4.69) is 4.98 Å². The molecular weight excluding hydrogens is 269 g/mol. The topological polar surface area (TPSA) is 71.9 Å². The van der Waals surface area contributed by atoms with Gasteiger partial charge in [0.1, 0.15) is 23.4 Å². The Kier molecular flexibility index (Phi) is 3.13. The molecule has 21 heavy (non-hydrogen) atoms. The van der Waals surface area contributed by atoms with Crippen LogP contribution in [0.3, 0.4) is 0 Å². The molecule has 0 atom stereocenters. The third kappa shape index (κ3) is 2.35. The smallest absolute Gasteiger partial charge is 0.144 e. The van der Waals surface area contributed by atoms with Gasteiger partial charge in [0.25, 0.3) is 0 Å². The first kappa shape index (κ1) is 12.9. The summed E-state index contributed by atoms with van der Waals surface area (Å²) < 4.78 is 19.3. The summed E-state index contributed by atoms with van der Waals surface area (Å²) in [4.78, 5) is 4.21. The normalized spacial score (nSPS) is 10.3. The molecule has 0 aliphatic rings. The summed E-state index contributed by atoms with van der Waals surface area (Å²) in [6.07, 6.45) is 1.64. The molecule has 2 aromatic carbocycles. The highest BCUT2D eigenvalue weighted by Crippen LogP contribution is 2.32. The van der Waals surface area contributed by atoms with Crippen molar-refractivity contribution in [1.82, 2.24) is 4.98 Å². The largest absolute Gasteiger partial charge is 0.457 e. The second-order valence-corrected chi connectivity index (χ2v) is 4.41. The van der Waals surface area contributed by atoms with Gasteiger partial charge in [0.05, 0.1) is 16.8 Å². The molecule has 0 radical (unpaired) electrons. The number of aromatic nitrogens is 1. The fourth-order valence-electron chi connectivity index (χ4n) is 2.03. The van der Waals surface area contributed by atoms with E-state index in [4.69, 9.17) is 15.7 Å². The average Bonchev–Trinajstić information content (AvgIpc) is 2.51. The van der Waals surface area contributed by atoms with E-state index in [9.17, 15) is 4.39 Å². The predicted molar refractivity (Wildman–Crippen MR) is 77.3 cm³/mol. The highest BCUT2D eigenvalue weighted by atomic mass is 19.1. The maximum atomic E-state index is 13.6. The summed E-state index contributed by atoms with van der Waals surface area (Å²) in [5, 5.41) is 9.46. The first-order valence-electron chi connectivity index (χ1n) is 6.20. The second kappa shape index (κ2) is 5.10. The van der Waals surface area contributed by atoms with Crippen LogP contribution in [0.2, 0.25) is 0 Å². The van der Waals surface area contributed by atoms with E-state index in [-0.39, 0.29) is 5.56 Å². The van der Waals surface area contributed by atoms with Crippen LogP contribution in [0.25, 0.3) is 10.9 Å². The van der Waals surface area contributed by atoms with Crippen molar-refractivity contribution in [3.8, 4) is 17.6 Å². The zero-order valence-corrected chi connectivity index (χ0v) is 10.9. The molecule has 0 bridgehead atoms. The summed E-state index contributed by atoms with van der Waals surface area (Å²) in [5.74, 6) is 0.214. The van der Waals surface area contributed by atoms with Gasteiger partial charge in [-0.1, -0.05) is 0 Å². The molecule has 0 saturated heterocycles. The van der Waals surface area contributed by atoms with E-state index in [1.807, 2.05) is 6.07 Å². The number of anilines is 1. The van der Waals surface area contributed by atoms with E-state index in [0.717, 1.165) is 5.39 Å². The summed E-state index contributed by atoms with van der Waals surface area (Å²) in [7, 11) is 0. The van der Waals surface area contributed by atoms with E-state index in [1.54, 1.807) is 36.5 Å². The van der Waals surface area contributed by atoms with Gasteiger partial charge in [-0.25, -0.2) is 4.39 Å². The van der Waals surface area contributed by atoms with Gasteiger partial charge in [0.2, 0.25) is 0 Å². The fourth-order valence-corrected chi connectivity index (χ4v) is 2.03. The molecule has 2 N–H and O–H groups in total. The molecule has 0 unspecified atom stereocenters. The van der Waals surface area contributed by atoms with Gasteiger partial charge in [0.15, 0.2) is 0 Å². The van der Waals surface area contributed by atoms with Crippen LogP contribution in [-0.2, 0) is 0 Å². The number of hydrogen-bond acceptors (Lipinski definition) is 4. The maximum absolute atomic E-state index is 13.6. The number of benzene rings is 2. The van der Waals surface area contributed by atoms with Gasteiger partial charge in [-0.3, -0.25) is 4.98 Å². The number of nitrogens with zero attached hydrogens (tertiary/aromatic N) is 2. The fraction of sp³-hybridized carbons (Fsp3) is 0. The zero-order valence-electron chi connectivity index (χ0n) is 10.9. The van der Waals surface area contributed by atoms with E-state index >= 15 is 0 Å². The zero-order chi connectivity index (χ0) is 14.8.